The summed E-state index contributed by atoms with van der Waals surface area (Å²) in [5.41, 5.74) is 4.87. The summed E-state index contributed by atoms with van der Waals surface area (Å²) in [6.07, 6.45) is 2.43. The molecule has 1 unspecified atom stereocenters. The molecular formula is C14H15F2N3. The smallest absolute Gasteiger partial charge is 0.159 e. The van der Waals surface area contributed by atoms with Gasteiger partial charge in [-0.2, -0.15) is 0 Å². The molecule has 0 saturated heterocycles. The van der Waals surface area contributed by atoms with Crippen molar-refractivity contribution in [2.75, 3.05) is 0 Å². The second-order valence-corrected chi connectivity index (χ2v) is 4.17. The number of hydrogen-bond donors (Lipinski definition) is 2. The first-order chi connectivity index (χ1) is 9.17. The Kier molecular flexibility index (Phi) is 4.19. The van der Waals surface area contributed by atoms with Gasteiger partial charge in [0, 0.05) is 6.20 Å². The summed E-state index contributed by atoms with van der Waals surface area (Å²) in [5.74, 6) is 3.77. The Balaban J connectivity index is 2.46. The zero-order chi connectivity index (χ0) is 13.8. The molecule has 2 aromatic rings. The van der Waals surface area contributed by atoms with Crippen molar-refractivity contribution < 1.29 is 8.78 Å². The summed E-state index contributed by atoms with van der Waals surface area (Å²) in [6.45, 7) is 2.00. The Morgan fingerprint density at radius 2 is 2.05 bits per heavy atom. The van der Waals surface area contributed by atoms with E-state index in [2.05, 4.69) is 10.4 Å². The summed E-state index contributed by atoms with van der Waals surface area (Å²) in [4.78, 5) is 4.29. The summed E-state index contributed by atoms with van der Waals surface area (Å²) in [7, 11) is 0. The zero-order valence-corrected chi connectivity index (χ0v) is 10.5. The van der Waals surface area contributed by atoms with E-state index in [0.717, 1.165) is 29.8 Å². The topological polar surface area (TPSA) is 50.9 Å². The third kappa shape index (κ3) is 2.77. The number of nitrogens with zero attached hydrogens (tertiary/aromatic N) is 1. The molecule has 100 valence electrons. The van der Waals surface area contributed by atoms with Gasteiger partial charge in [-0.05, 0) is 35.7 Å². The first-order valence-electron chi connectivity index (χ1n) is 6.02. The molecule has 1 aromatic carbocycles. The maximum atomic E-state index is 13.3. The molecule has 0 aliphatic rings. The molecule has 1 atom stereocenters. The van der Waals surface area contributed by atoms with Crippen molar-refractivity contribution in [3.8, 4) is 0 Å². The molecule has 0 radical (unpaired) electrons. The highest BCUT2D eigenvalue weighted by atomic mass is 19.2. The molecule has 0 spiro atoms. The van der Waals surface area contributed by atoms with Gasteiger partial charge in [0.1, 0.15) is 0 Å². The quantitative estimate of drug-likeness (QED) is 0.658. The first-order valence-corrected chi connectivity index (χ1v) is 6.02. The van der Waals surface area contributed by atoms with Gasteiger partial charge in [-0.1, -0.05) is 19.1 Å². The lowest BCUT2D eigenvalue weighted by Gasteiger charge is -2.18. The number of pyridine rings is 1. The fourth-order valence-corrected chi connectivity index (χ4v) is 2.03. The van der Waals surface area contributed by atoms with Crippen molar-refractivity contribution in [3.63, 3.8) is 0 Å². The predicted molar refractivity (Wildman–Crippen MR) is 69.1 cm³/mol. The molecule has 0 saturated carbocycles. The van der Waals surface area contributed by atoms with Crippen LogP contribution in [0.25, 0.3) is 0 Å². The lowest BCUT2D eigenvalue weighted by molar-refractivity contribution is 0.503. The Labute approximate surface area is 110 Å². The van der Waals surface area contributed by atoms with Gasteiger partial charge in [-0.3, -0.25) is 10.8 Å². The van der Waals surface area contributed by atoms with E-state index >= 15 is 0 Å². The average Bonchev–Trinajstić information content (AvgIpc) is 2.44. The number of hydrogen-bond acceptors (Lipinski definition) is 3. The van der Waals surface area contributed by atoms with Crippen LogP contribution in [0.4, 0.5) is 8.78 Å². The van der Waals surface area contributed by atoms with Crippen LogP contribution in [0.3, 0.4) is 0 Å². The van der Waals surface area contributed by atoms with Crippen LogP contribution in [0, 0.1) is 11.6 Å². The van der Waals surface area contributed by atoms with E-state index in [1.54, 1.807) is 6.20 Å². The third-order valence-electron chi connectivity index (χ3n) is 3.02. The maximum absolute atomic E-state index is 13.3. The number of rotatable bonds is 4. The fourth-order valence-electron chi connectivity index (χ4n) is 2.03. The number of nitrogens with two attached hydrogens (primary N) is 1. The maximum Gasteiger partial charge on any atom is 0.159 e. The van der Waals surface area contributed by atoms with Gasteiger partial charge in [0.25, 0.3) is 0 Å². The molecule has 3 nitrogen and oxygen atoms in total. The minimum atomic E-state index is -0.897. The Bertz CT molecular complexity index is 572. The van der Waals surface area contributed by atoms with Gasteiger partial charge >= 0.3 is 0 Å². The van der Waals surface area contributed by atoms with Crippen LogP contribution in [-0.2, 0) is 6.42 Å². The van der Waals surface area contributed by atoms with E-state index in [9.17, 15) is 8.78 Å². The Morgan fingerprint density at radius 3 is 2.68 bits per heavy atom. The number of halogens is 2. The van der Waals surface area contributed by atoms with Crippen molar-refractivity contribution in [1.29, 1.82) is 0 Å². The van der Waals surface area contributed by atoms with E-state index < -0.39 is 17.7 Å². The predicted octanol–water partition coefficient (Wildman–Crippen LogP) is 2.47. The van der Waals surface area contributed by atoms with E-state index in [1.807, 2.05) is 19.1 Å². The lowest BCUT2D eigenvalue weighted by atomic mass is 9.98. The van der Waals surface area contributed by atoms with Crippen LogP contribution in [0.1, 0.15) is 29.8 Å². The largest absolute Gasteiger partial charge is 0.271 e. The molecule has 19 heavy (non-hydrogen) atoms. The monoisotopic (exact) mass is 263 g/mol. The molecule has 1 aromatic heterocycles. The van der Waals surface area contributed by atoms with Gasteiger partial charge in [-0.15, -0.1) is 0 Å². The summed E-state index contributed by atoms with van der Waals surface area (Å²) >= 11 is 0. The Hall–Kier alpha value is -1.85. The molecule has 0 aliphatic carbocycles. The molecule has 1 heterocycles. The van der Waals surface area contributed by atoms with Crippen LogP contribution >= 0.6 is 0 Å². The molecule has 0 bridgehead atoms. The standard InChI is InChI=1S/C14H15F2N3/c1-2-9-4-3-7-18-13(9)14(19-17)10-5-6-11(15)12(16)8-10/h3-8,14,19H,2,17H2,1H3. The summed E-state index contributed by atoms with van der Waals surface area (Å²) < 4.78 is 26.3. The second kappa shape index (κ2) is 5.86. The average molecular weight is 263 g/mol. The highest BCUT2D eigenvalue weighted by molar-refractivity contribution is 5.33. The van der Waals surface area contributed by atoms with Crippen molar-refractivity contribution in [2.45, 2.75) is 19.4 Å². The Morgan fingerprint density at radius 1 is 1.26 bits per heavy atom. The number of aryl methyl sites for hydroxylation is 1. The minimum absolute atomic E-state index is 0.466. The zero-order valence-electron chi connectivity index (χ0n) is 10.5. The van der Waals surface area contributed by atoms with Crippen LogP contribution in [0.15, 0.2) is 36.5 Å². The number of aromatic nitrogens is 1. The normalized spacial score (nSPS) is 12.4. The fraction of sp³-hybridized carbons (Fsp3) is 0.214. The first kappa shape index (κ1) is 13.6. The molecule has 0 amide bonds. The van der Waals surface area contributed by atoms with Crippen LogP contribution < -0.4 is 11.3 Å². The van der Waals surface area contributed by atoms with Crippen molar-refractivity contribution in [1.82, 2.24) is 10.4 Å². The number of nitrogens with one attached hydrogen (secondary N) is 1. The molecule has 5 heteroatoms. The molecule has 3 N–H and O–H groups in total. The highest BCUT2D eigenvalue weighted by Gasteiger charge is 2.18. The molecular weight excluding hydrogens is 248 g/mol. The number of hydrazine groups is 1. The van der Waals surface area contributed by atoms with Crippen molar-refractivity contribution in [3.05, 3.63) is 65.0 Å². The van der Waals surface area contributed by atoms with E-state index in [0.29, 0.717) is 5.56 Å². The van der Waals surface area contributed by atoms with Crippen LogP contribution in [0.2, 0.25) is 0 Å². The van der Waals surface area contributed by atoms with Gasteiger partial charge in [0.05, 0.1) is 11.7 Å². The van der Waals surface area contributed by atoms with Crippen molar-refractivity contribution in [2.24, 2.45) is 5.84 Å². The van der Waals surface area contributed by atoms with E-state index in [1.165, 1.54) is 6.07 Å². The SMILES string of the molecule is CCc1cccnc1C(NN)c1ccc(F)c(F)c1. The van der Waals surface area contributed by atoms with Gasteiger partial charge in [0.15, 0.2) is 11.6 Å². The molecule has 0 fully saturated rings. The summed E-state index contributed by atoms with van der Waals surface area (Å²) in [6, 6.07) is 7.02. The van der Waals surface area contributed by atoms with Gasteiger partial charge in [0.2, 0.25) is 0 Å². The number of benzene rings is 1. The van der Waals surface area contributed by atoms with Crippen molar-refractivity contribution >= 4 is 0 Å². The van der Waals surface area contributed by atoms with E-state index in [-0.39, 0.29) is 0 Å². The van der Waals surface area contributed by atoms with E-state index in [4.69, 9.17) is 5.84 Å². The van der Waals surface area contributed by atoms with Gasteiger partial charge in [-0.25, -0.2) is 14.2 Å². The minimum Gasteiger partial charge on any atom is -0.271 e. The van der Waals surface area contributed by atoms with Crippen LogP contribution in [0.5, 0.6) is 0 Å². The second-order valence-electron chi connectivity index (χ2n) is 4.17. The molecule has 2 rings (SSSR count). The summed E-state index contributed by atoms with van der Waals surface area (Å²) in [5, 5.41) is 0. The third-order valence-corrected chi connectivity index (χ3v) is 3.02. The lowest BCUT2D eigenvalue weighted by Crippen LogP contribution is -2.30. The van der Waals surface area contributed by atoms with Crippen LogP contribution in [-0.4, -0.2) is 4.98 Å². The highest BCUT2D eigenvalue weighted by Crippen LogP contribution is 2.24. The van der Waals surface area contributed by atoms with Gasteiger partial charge < -0.3 is 0 Å². The molecule has 0 aliphatic heterocycles.